The molecule has 50 heavy (non-hydrogen) atoms. The van der Waals surface area contributed by atoms with Crippen molar-refractivity contribution < 1.29 is 33.3 Å². The van der Waals surface area contributed by atoms with E-state index in [1.54, 1.807) is 24.3 Å². The number of Topliss-reactive ketones (excluding diaryl/α,β-unsaturated/α-hetero) is 1. The molecule has 0 atom stereocenters. The lowest BCUT2D eigenvalue weighted by atomic mass is 9.80. The highest BCUT2D eigenvalue weighted by Crippen LogP contribution is 2.34. The minimum atomic E-state index is -0.195. The van der Waals surface area contributed by atoms with Crippen molar-refractivity contribution in [3.63, 3.8) is 0 Å². The van der Waals surface area contributed by atoms with Gasteiger partial charge < -0.3 is 18.9 Å². The Labute approximate surface area is 301 Å². The zero-order valence-corrected chi connectivity index (χ0v) is 30.8. The van der Waals surface area contributed by atoms with E-state index >= 15 is 0 Å². The van der Waals surface area contributed by atoms with E-state index in [1.165, 1.54) is 77.0 Å². The zero-order valence-electron chi connectivity index (χ0n) is 30.8. The van der Waals surface area contributed by atoms with E-state index in [0.717, 1.165) is 75.1 Å². The molecule has 2 saturated carbocycles. The summed E-state index contributed by atoms with van der Waals surface area (Å²) in [5.74, 6) is 5.62. The Kier molecular flexibility index (Phi) is 17.7. The molecular weight excluding hydrogens is 628 g/mol. The zero-order chi connectivity index (χ0) is 35.4. The fourth-order valence-corrected chi connectivity index (χ4v) is 7.42. The highest BCUT2D eigenvalue weighted by Gasteiger charge is 2.23. The van der Waals surface area contributed by atoms with Crippen LogP contribution >= 0.6 is 0 Å². The monoisotopic (exact) mass is 690 g/mol. The normalized spacial score (nSPS) is 20.5. The fourth-order valence-electron chi connectivity index (χ4n) is 7.42. The fraction of sp³-hybridized carbons (Fsp3) is 0.651. The first-order valence-corrected chi connectivity index (χ1v) is 19.8. The first-order valence-electron chi connectivity index (χ1n) is 19.8. The number of hydrogen-bond donors (Lipinski definition) is 0. The van der Waals surface area contributed by atoms with Crippen LogP contribution in [0.4, 0.5) is 0 Å². The topological polar surface area (TPSA) is 88.1 Å². The summed E-state index contributed by atoms with van der Waals surface area (Å²) in [4.78, 5) is 35.8. The molecule has 276 valence electrons. The van der Waals surface area contributed by atoms with Crippen LogP contribution in [0.2, 0.25) is 0 Å². The van der Waals surface area contributed by atoms with Gasteiger partial charge in [0, 0.05) is 25.7 Å². The summed E-state index contributed by atoms with van der Waals surface area (Å²) in [6, 6.07) is 14.7. The van der Waals surface area contributed by atoms with Crippen LogP contribution in [0, 0.1) is 23.7 Å². The average Bonchev–Trinajstić information content (AvgIpc) is 3.12. The summed E-state index contributed by atoms with van der Waals surface area (Å²) in [6.07, 6.45) is 20.7. The van der Waals surface area contributed by atoms with Gasteiger partial charge in [0.2, 0.25) is 0 Å². The predicted octanol–water partition coefficient (Wildman–Crippen LogP) is 10.9. The van der Waals surface area contributed by atoms with Crippen molar-refractivity contribution in [3.05, 3.63) is 48.5 Å². The summed E-state index contributed by atoms with van der Waals surface area (Å²) in [6.45, 7) is 5.41. The maximum Gasteiger partial charge on any atom is 0.311 e. The molecule has 0 heterocycles. The van der Waals surface area contributed by atoms with E-state index in [4.69, 9.17) is 18.9 Å². The van der Waals surface area contributed by atoms with Gasteiger partial charge in [-0.15, -0.1) is 0 Å². The van der Waals surface area contributed by atoms with E-state index in [9.17, 15) is 14.4 Å². The molecule has 4 rings (SSSR count). The minimum Gasteiger partial charge on any atom is -0.493 e. The third-order valence-electron chi connectivity index (χ3n) is 10.6. The van der Waals surface area contributed by atoms with Crippen LogP contribution in [0.1, 0.15) is 142 Å². The van der Waals surface area contributed by atoms with E-state index in [2.05, 4.69) is 0 Å². The second-order valence-electron chi connectivity index (χ2n) is 14.8. The third kappa shape index (κ3) is 15.3. The Morgan fingerprint density at radius 1 is 0.480 bits per heavy atom. The Bertz CT molecular complexity index is 1160. The molecule has 2 aromatic rings. The standard InChI is InChI=1S/C43H62O7/c1-3-9-42(45)49-40-27-23-38(24-28-40)47-31-35-19-15-33(16-20-35)11-5-7-13-37(44)14-8-6-12-34-17-21-36(22-18-34)32-48-39-25-29-41(30-26-39)50-43(46)10-4-2/h23-30,33-36H,3-22,31-32H2,1-2H3/t33-,34?,35-,36?. The molecule has 0 spiro atoms. The van der Waals surface area contributed by atoms with Crippen molar-refractivity contribution in [3.8, 4) is 23.0 Å². The molecule has 2 fully saturated rings. The number of carbonyl (C=O) groups excluding carboxylic acids is 3. The summed E-state index contributed by atoms with van der Waals surface area (Å²) in [7, 11) is 0. The number of rotatable bonds is 22. The van der Waals surface area contributed by atoms with Gasteiger partial charge in [0.05, 0.1) is 13.2 Å². The van der Waals surface area contributed by atoms with Crippen LogP contribution in [-0.4, -0.2) is 30.9 Å². The summed E-state index contributed by atoms with van der Waals surface area (Å²) in [5.41, 5.74) is 0. The molecule has 0 amide bonds. The van der Waals surface area contributed by atoms with Gasteiger partial charge in [0.25, 0.3) is 0 Å². The molecule has 7 heteroatoms. The van der Waals surface area contributed by atoms with E-state index < -0.39 is 0 Å². The summed E-state index contributed by atoms with van der Waals surface area (Å²) >= 11 is 0. The van der Waals surface area contributed by atoms with Crippen molar-refractivity contribution in [2.45, 2.75) is 142 Å². The van der Waals surface area contributed by atoms with Crippen LogP contribution < -0.4 is 18.9 Å². The van der Waals surface area contributed by atoms with Gasteiger partial charge in [-0.3, -0.25) is 14.4 Å². The van der Waals surface area contributed by atoms with E-state index in [-0.39, 0.29) is 11.9 Å². The molecule has 2 aromatic carbocycles. The number of benzene rings is 2. The quantitative estimate of drug-likeness (QED) is 0.0690. The van der Waals surface area contributed by atoms with E-state index in [1.807, 2.05) is 38.1 Å². The second kappa shape index (κ2) is 22.5. The third-order valence-corrected chi connectivity index (χ3v) is 10.6. The van der Waals surface area contributed by atoms with Gasteiger partial charge in [-0.1, -0.05) is 65.2 Å². The first kappa shape index (κ1) is 39.4. The second-order valence-corrected chi connectivity index (χ2v) is 14.8. The minimum absolute atomic E-state index is 0.195. The van der Waals surface area contributed by atoms with E-state index in [0.29, 0.717) is 42.0 Å². The van der Waals surface area contributed by atoms with Crippen LogP contribution in [0.15, 0.2) is 48.5 Å². The van der Waals surface area contributed by atoms with Crippen molar-refractivity contribution in [2.75, 3.05) is 13.2 Å². The lowest BCUT2D eigenvalue weighted by Gasteiger charge is -2.28. The number of ether oxygens (including phenoxy) is 4. The highest BCUT2D eigenvalue weighted by molar-refractivity contribution is 5.78. The van der Waals surface area contributed by atoms with Crippen molar-refractivity contribution in [1.82, 2.24) is 0 Å². The van der Waals surface area contributed by atoms with Gasteiger partial charge in [-0.25, -0.2) is 0 Å². The van der Waals surface area contributed by atoms with Gasteiger partial charge in [0.1, 0.15) is 28.8 Å². The van der Waals surface area contributed by atoms with Crippen molar-refractivity contribution >= 4 is 17.7 Å². The van der Waals surface area contributed by atoms with Gasteiger partial charge >= 0.3 is 11.9 Å². The molecule has 7 nitrogen and oxygen atoms in total. The Morgan fingerprint density at radius 2 is 0.820 bits per heavy atom. The highest BCUT2D eigenvalue weighted by atomic mass is 16.5. The van der Waals surface area contributed by atoms with Gasteiger partial charge in [-0.05, 0) is 124 Å². The summed E-state index contributed by atoms with van der Waals surface area (Å²) in [5, 5.41) is 0. The molecule has 0 aromatic heterocycles. The molecule has 2 aliphatic carbocycles. The lowest BCUT2D eigenvalue weighted by Crippen LogP contribution is -2.20. The molecule has 0 N–H and O–H groups in total. The maximum absolute atomic E-state index is 12.5. The molecule has 0 unspecified atom stereocenters. The smallest absolute Gasteiger partial charge is 0.311 e. The van der Waals surface area contributed by atoms with Crippen LogP contribution in [0.3, 0.4) is 0 Å². The van der Waals surface area contributed by atoms with Gasteiger partial charge in [-0.2, -0.15) is 0 Å². The number of hydrogen-bond acceptors (Lipinski definition) is 7. The molecule has 2 aliphatic rings. The Hall–Kier alpha value is -3.35. The van der Waals surface area contributed by atoms with Crippen LogP contribution in [-0.2, 0) is 14.4 Å². The van der Waals surface area contributed by atoms with Crippen molar-refractivity contribution in [1.29, 1.82) is 0 Å². The Morgan fingerprint density at radius 3 is 1.18 bits per heavy atom. The van der Waals surface area contributed by atoms with Crippen molar-refractivity contribution in [2.24, 2.45) is 23.7 Å². The molecular formula is C43H62O7. The van der Waals surface area contributed by atoms with Gasteiger partial charge in [0.15, 0.2) is 0 Å². The number of carbonyl (C=O) groups is 3. The Balaban J connectivity index is 0.950. The van der Waals surface area contributed by atoms with Crippen LogP contribution in [0.5, 0.6) is 23.0 Å². The lowest BCUT2D eigenvalue weighted by molar-refractivity contribution is -0.135. The average molecular weight is 691 g/mol. The first-order chi connectivity index (χ1) is 24.4. The van der Waals surface area contributed by atoms with Crippen LogP contribution in [0.25, 0.3) is 0 Å². The SMILES string of the molecule is CCCC(=O)Oc1ccc(OCC2CCC(CCCCC(=O)CCCC[C@H]3CC[C@H](COc4ccc(OC(=O)CCC)cc4)CC3)CC2)cc1. The largest absolute Gasteiger partial charge is 0.493 e. The molecule has 0 saturated heterocycles. The maximum atomic E-state index is 12.5. The summed E-state index contributed by atoms with van der Waals surface area (Å²) < 4.78 is 22.7. The predicted molar refractivity (Wildman–Crippen MR) is 198 cm³/mol. The number of ketones is 1. The molecule has 0 bridgehead atoms. The number of unbranched alkanes of at least 4 members (excludes halogenated alkanes) is 2. The number of esters is 2. The molecule has 0 aliphatic heterocycles. The molecule has 0 radical (unpaired) electrons.